The molecule has 8 heteroatoms. The number of amides is 1. The van der Waals surface area contributed by atoms with Crippen LogP contribution < -0.4 is 20.1 Å². The highest BCUT2D eigenvalue weighted by atomic mass is 16.6. The average molecular weight is 433 g/mol. The topological polar surface area (TPSA) is 103 Å². The lowest BCUT2D eigenvalue weighted by Crippen LogP contribution is -2.42. The van der Waals surface area contributed by atoms with Gasteiger partial charge in [-0.3, -0.25) is 20.2 Å². The van der Waals surface area contributed by atoms with E-state index in [2.05, 4.69) is 10.6 Å². The van der Waals surface area contributed by atoms with Crippen LogP contribution in [0.15, 0.2) is 72.8 Å². The molecule has 0 fully saturated rings. The van der Waals surface area contributed by atoms with Gasteiger partial charge < -0.3 is 14.8 Å². The predicted octanol–water partition coefficient (Wildman–Crippen LogP) is 4.01. The van der Waals surface area contributed by atoms with E-state index < -0.39 is 16.9 Å². The van der Waals surface area contributed by atoms with Crippen molar-refractivity contribution in [3.05, 3.63) is 94.0 Å². The zero-order valence-corrected chi connectivity index (χ0v) is 17.5. The van der Waals surface area contributed by atoms with E-state index in [0.717, 1.165) is 11.1 Å². The summed E-state index contributed by atoms with van der Waals surface area (Å²) >= 11 is 0. The first-order chi connectivity index (χ1) is 15.5. The fourth-order valence-corrected chi connectivity index (χ4v) is 3.52. The molecule has 2 atom stereocenters. The van der Waals surface area contributed by atoms with Crippen LogP contribution >= 0.6 is 0 Å². The minimum atomic E-state index is -0.738. The van der Waals surface area contributed by atoms with Gasteiger partial charge in [0.05, 0.1) is 4.92 Å². The lowest BCUT2D eigenvalue weighted by molar-refractivity contribution is -0.384. The Balaban J connectivity index is 1.50. The number of rotatable bonds is 7. The molecule has 8 nitrogen and oxygen atoms in total. The number of hydrogen-bond donors (Lipinski definition) is 2. The molecule has 32 heavy (non-hydrogen) atoms. The molecule has 0 aliphatic carbocycles. The molecule has 3 aromatic carbocycles. The molecule has 1 aliphatic heterocycles. The van der Waals surface area contributed by atoms with Crippen molar-refractivity contribution in [2.45, 2.75) is 19.1 Å². The first-order valence-electron chi connectivity index (χ1n) is 10.2. The summed E-state index contributed by atoms with van der Waals surface area (Å²) in [4.78, 5) is 24.1. The van der Waals surface area contributed by atoms with E-state index in [4.69, 9.17) is 9.47 Å². The molecule has 0 bridgehead atoms. The summed E-state index contributed by atoms with van der Waals surface area (Å²) in [6.07, 6.45) is -0.294. The van der Waals surface area contributed by atoms with Gasteiger partial charge in [-0.15, -0.1) is 0 Å². The molecule has 2 N–H and O–H groups in total. The first-order valence-corrected chi connectivity index (χ1v) is 10.2. The van der Waals surface area contributed by atoms with Gasteiger partial charge >= 0.3 is 0 Å². The highest BCUT2D eigenvalue weighted by Crippen LogP contribution is 2.31. The number of nitro groups is 1. The number of nitrogens with one attached hydrogen (secondary N) is 2. The van der Waals surface area contributed by atoms with Crippen LogP contribution in [0.25, 0.3) is 0 Å². The van der Waals surface area contributed by atoms with Crippen LogP contribution in [0.1, 0.15) is 17.2 Å². The SMILES string of the molecule is Cc1ccc(NC(=O)[C@H](NC[C@@H]2COc3ccccc3O2)c2ccccc2)c([N+](=O)[O-])c1. The number of anilines is 1. The smallest absolute Gasteiger partial charge is 0.293 e. The normalized spacial score (nSPS) is 15.6. The number of carbonyl (C=O) groups is 1. The number of carbonyl (C=O) groups excluding carboxylic acids is 1. The second kappa shape index (κ2) is 9.49. The van der Waals surface area contributed by atoms with Crippen molar-refractivity contribution in [1.82, 2.24) is 5.32 Å². The second-order valence-electron chi connectivity index (χ2n) is 7.52. The monoisotopic (exact) mass is 433 g/mol. The van der Waals surface area contributed by atoms with Crippen LogP contribution in [-0.4, -0.2) is 30.1 Å². The fraction of sp³-hybridized carbons (Fsp3) is 0.208. The third-order valence-electron chi connectivity index (χ3n) is 5.12. The summed E-state index contributed by atoms with van der Waals surface area (Å²) in [6.45, 7) is 2.45. The van der Waals surface area contributed by atoms with Crippen LogP contribution in [0.4, 0.5) is 11.4 Å². The quantitative estimate of drug-likeness (QED) is 0.431. The number of nitro benzene ring substituents is 1. The number of fused-ring (bicyclic) bond motifs is 1. The number of hydrogen-bond acceptors (Lipinski definition) is 6. The molecule has 3 aromatic rings. The molecule has 1 aliphatic rings. The summed E-state index contributed by atoms with van der Waals surface area (Å²) in [5.74, 6) is 0.939. The molecule has 0 saturated carbocycles. The Morgan fingerprint density at radius 2 is 1.81 bits per heavy atom. The Kier molecular flexibility index (Phi) is 6.32. The van der Waals surface area contributed by atoms with E-state index in [1.54, 1.807) is 19.1 Å². The fourth-order valence-electron chi connectivity index (χ4n) is 3.52. The summed E-state index contributed by atoms with van der Waals surface area (Å²) < 4.78 is 11.7. The van der Waals surface area contributed by atoms with Crippen molar-refractivity contribution in [3.63, 3.8) is 0 Å². The molecule has 0 radical (unpaired) electrons. The summed E-state index contributed by atoms with van der Waals surface area (Å²) in [6, 6.07) is 20.6. The number of aryl methyl sites for hydroxylation is 1. The molecule has 0 spiro atoms. The van der Waals surface area contributed by atoms with Crippen LogP contribution in [0.5, 0.6) is 11.5 Å². The van der Waals surface area contributed by atoms with Crippen LogP contribution in [0.2, 0.25) is 0 Å². The van der Waals surface area contributed by atoms with Gasteiger partial charge in [0.15, 0.2) is 11.5 Å². The van der Waals surface area contributed by atoms with Gasteiger partial charge in [-0.2, -0.15) is 0 Å². The minimum absolute atomic E-state index is 0.147. The standard InChI is InChI=1S/C24H23N3O5/c1-16-11-12-19(20(13-16)27(29)30)26-24(28)23(17-7-3-2-4-8-17)25-14-18-15-31-21-9-5-6-10-22(21)32-18/h2-13,18,23,25H,14-15H2,1H3,(H,26,28)/t18-,23-/m1/s1. The molecule has 4 rings (SSSR count). The Bertz CT molecular complexity index is 1120. The summed E-state index contributed by atoms with van der Waals surface area (Å²) in [5, 5.41) is 17.4. The molecule has 1 heterocycles. The van der Waals surface area contributed by atoms with Crippen molar-refractivity contribution in [2.24, 2.45) is 0 Å². The van der Waals surface area contributed by atoms with Gasteiger partial charge in [0.2, 0.25) is 5.91 Å². The Morgan fingerprint density at radius 1 is 1.09 bits per heavy atom. The maximum Gasteiger partial charge on any atom is 0.293 e. The molecule has 0 unspecified atom stereocenters. The largest absolute Gasteiger partial charge is 0.486 e. The first kappa shape index (κ1) is 21.3. The Hall–Kier alpha value is -3.91. The minimum Gasteiger partial charge on any atom is -0.486 e. The van der Waals surface area contributed by atoms with Crippen molar-refractivity contribution in [2.75, 3.05) is 18.5 Å². The van der Waals surface area contributed by atoms with E-state index in [1.807, 2.05) is 54.6 Å². The van der Waals surface area contributed by atoms with Gasteiger partial charge in [-0.25, -0.2) is 0 Å². The molecule has 0 saturated heterocycles. The van der Waals surface area contributed by atoms with E-state index in [0.29, 0.717) is 24.7 Å². The lowest BCUT2D eigenvalue weighted by Gasteiger charge is -2.28. The number of ether oxygens (including phenoxy) is 2. The Morgan fingerprint density at radius 3 is 2.56 bits per heavy atom. The Labute approximate surface area is 185 Å². The predicted molar refractivity (Wildman–Crippen MR) is 120 cm³/mol. The van der Waals surface area contributed by atoms with Gasteiger partial charge in [-0.05, 0) is 36.2 Å². The molecule has 164 valence electrons. The highest BCUT2D eigenvalue weighted by molar-refractivity contribution is 5.97. The van der Waals surface area contributed by atoms with E-state index >= 15 is 0 Å². The number of benzene rings is 3. The average Bonchev–Trinajstić information content (AvgIpc) is 2.81. The highest BCUT2D eigenvalue weighted by Gasteiger charge is 2.27. The van der Waals surface area contributed by atoms with E-state index in [1.165, 1.54) is 6.07 Å². The molecule has 0 aromatic heterocycles. The third kappa shape index (κ3) is 4.87. The van der Waals surface area contributed by atoms with Gasteiger partial charge in [0.25, 0.3) is 5.69 Å². The molecular formula is C24H23N3O5. The van der Waals surface area contributed by atoms with Crippen LogP contribution in [-0.2, 0) is 4.79 Å². The maximum absolute atomic E-state index is 13.2. The van der Waals surface area contributed by atoms with E-state index in [-0.39, 0.29) is 17.5 Å². The van der Waals surface area contributed by atoms with Gasteiger partial charge in [0, 0.05) is 12.6 Å². The zero-order chi connectivity index (χ0) is 22.5. The second-order valence-corrected chi connectivity index (χ2v) is 7.52. The number of nitrogens with zero attached hydrogens (tertiary/aromatic N) is 1. The van der Waals surface area contributed by atoms with Crippen molar-refractivity contribution in [3.8, 4) is 11.5 Å². The van der Waals surface area contributed by atoms with Gasteiger partial charge in [-0.1, -0.05) is 48.5 Å². The summed E-state index contributed by atoms with van der Waals surface area (Å²) in [5.41, 5.74) is 1.48. The van der Waals surface area contributed by atoms with Crippen molar-refractivity contribution in [1.29, 1.82) is 0 Å². The maximum atomic E-state index is 13.2. The van der Waals surface area contributed by atoms with Crippen LogP contribution in [0, 0.1) is 17.0 Å². The molecule has 1 amide bonds. The van der Waals surface area contributed by atoms with Crippen molar-refractivity contribution < 1.29 is 19.2 Å². The third-order valence-corrected chi connectivity index (χ3v) is 5.12. The van der Waals surface area contributed by atoms with Crippen LogP contribution in [0.3, 0.4) is 0 Å². The number of para-hydroxylation sites is 2. The van der Waals surface area contributed by atoms with Crippen molar-refractivity contribution >= 4 is 17.3 Å². The van der Waals surface area contributed by atoms with E-state index in [9.17, 15) is 14.9 Å². The van der Waals surface area contributed by atoms with Gasteiger partial charge in [0.1, 0.15) is 24.4 Å². The molecular weight excluding hydrogens is 410 g/mol. The lowest BCUT2D eigenvalue weighted by atomic mass is 10.1. The zero-order valence-electron chi connectivity index (χ0n) is 17.5. The summed E-state index contributed by atoms with van der Waals surface area (Å²) in [7, 11) is 0.